The minimum Gasteiger partial charge on any atom is -0.334 e. The Balaban J connectivity index is 1.99. The van der Waals surface area contributed by atoms with Gasteiger partial charge in [0.1, 0.15) is 0 Å². The summed E-state index contributed by atoms with van der Waals surface area (Å²) in [6.07, 6.45) is 0. The molecule has 1 aromatic carbocycles. The van der Waals surface area contributed by atoms with Crippen molar-refractivity contribution in [1.82, 2.24) is 14.5 Å². The summed E-state index contributed by atoms with van der Waals surface area (Å²) in [6, 6.07) is 9.06. The minimum absolute atomic E-state index is 0.0622. The van der Waals surface area contributed by atoms with E-state index in [9.17, 15) is 9.59 Å². The number of rotatable bonds is 4. The highest BCUT2D eigenvalue weighted by atomic mass is 32.1. The second-order valence-corrected chi connectivity index (χ2v) is 6.87. The van der Waals surface area contributed by atoms with Crippen LogP contribution < -0.4 is 5.56 Å². The van der Waals surface area contributed by atoms with Gasteiger partial charge in [0, 0.05) is 24.0 Å². The van der Waals surface area contributed by atoms with Gasteiger partial charge in [0.05, 0.1) is 17.4 Å². The quantitative estimate of drug-likeness (QED) is 0.727. The highest BCUT2D eigenvalue weighted by molar-refractivity contribution is 7.71. The molecule has 124 valence electrons. The monoisotopic (exact) mass is 359 g/mol. The maximum Gasteiger partial charge on any atom is 0.261 e. The lowest BCUT2D eigenvalue weighted by Crippen LogP contribution is -2.30. The number of aromatic nitrogens is 2. The number of hydrogen-bond donors (Lipinski definition) is 1. The summed E-state index contributed by atoms with van der Waals surface area (Å²) >= 11 is 6.77. The number of aromatic amines is 1. The Hall–Kier alpha value is -2.25. The van der Waals surface area contributed by atoms with Gasteiger partial charge >= 0.3 is 0 Å². The Morgan fingerprint density at radius 1 is 1.38 bits per heavy atom. The maximum atomic E-state index is 12.8. The molecule has 24 heavy (non-hydrogen) atoms. The molecule has 5 nitrogen and oxygen atoms in total. The Bertz CT molecular complexity index is 1000. The van der Waals surface area contributed by atoms with Gasteiger partial charge in [0.2, 0.25) is 0 Å². The Morgan fingerprint density at radius 2 is 2.17 bits per heavy atom. The van der Waals surface area contributed by atoms with Crippen LogP contribution in [-0.2, 0) is 13.6 Å². The molecular formula is C17H17N3O2S2. The average molecular weight is 359 g/mol. The smallest absolute Gasteiger partial charge is 0.261 e. The first kappa shape index (κ1) is 16.6. The number of thiophene rings is 1. The summed E-state index contributed by atoms with van der Waals surface area (Å²) < 4.78 is 1.72. The van der Waals surface area contributed by atoms with E-state index in [0.29, 0.717) is 34.3 Å². The zero-order chi connectivity index (χ0) is 17.3. The summed E-state index contributed by atoms with van der Waals surface area (Å²) in [7, 11) is 1.62. The van der Waals surface area contributed by atoms with Gasteiger partial charge in [-0.25, -0.2) is 0 Å². The van der Waals surface area contributed by atoms with E-state index in [0.717, 1.165) is 4.88 Å². The number of benzene rings is 1. The fraction of sp³-hybridized carbons (Fsp3) is 0.235. The van der Waals surface area contributed by atoms with Gasteiger partial charge in [0.15, 0.2) is 4.77 Å². The molecule has 0 radical (unpaired) electrons. The molecule has 0 saturated carbocycles. The largest absolute Gasteiger partial charge is 0.334 e. The molecule has 1 N–H and O–H groups in total. The fourth-order valence-corrected chi connectivity index (χ4v) is 3.45. The number of H-pyrrole nitrogens is 1. The van der Waals surface area contributed by atoms with Crippen LogP contribution in [0.2, 0.25) is 0 Å². The number of carbonyl (C=O) groups is 1. The Kier molecular flexibility index (Phi) is 4.64. The van der Waals surface area contributed by atoms with Crippen LogP contribution in [0.25, 0.3) is 10.9 Å². The van der Waals surface area contributed by atoms with Crippen molar-refractivity contribution in [1.29, 1.82) is 0 Å². The molecule has 0 atom stereocenters. The maximum absolute atomic E-state index is 12.8. The molecule has 0 spiro atoms. The summed E-state index contributed by atoms with van der Waals surface area (Å²) in [5.74, 6) is -0.0622. The van der Waals surface area contributed by atoms with Crippen LogP contribution in [0, 0.1) is 4.77 Å². The van der Waals surface area contributed by atoms with Gasteiger partial charge < -0.3 is 9.88 Å². The van der Waals surface area contributed by atoms with Crippen molar-refractivity contribution in [3.63, 3.8) is 0 Å². The number of hydrogen-bond acceptors (Lipinski definition) is 4. The summed E-state index contributed by atoms with van der Waals surface area (Å²) in [4.78, 5) is 30.9. The molecule has 0 fully saturated rings. The van der Waals surface area contributed by atoms with Gasteiger partial charge in [0.25, 0.3) is 11.5 Å². The molecule has 3 rings (SSSR count). The standard InChI is InChI=1S/C17H17N3O2S2/c1-3-20(10-12-5-4-8-24-12)15(21)11-6-7-13-14(9-11)18-17(23)19(2)16(13)22/h4-9H,3,10H2,1-2H3,(H,18,23). The highest BCUT2D eigenvalue weighted by Crippen LogP contribution is 2.16. The van der Waals surface area contributed by atoms with Crippen molar-refractivity contribution in [2.24, 2.45) is 7.05 Å². The van der Waals surface area contributed by atoms with E-state index in [1.165, 1.54) is 4.57 Å². The first-order valence-corrected chi connectivity index (χ1v) is 8.84. The normalized spacial score (nSPS) is 10.9. The van der Waals surface area contributed by atoms with Crippen molar-refractivity contribution in [3.8, 4) is 0 Å². The van der Waals surface area contributed by atoms with E-state index in [-0.39, 0.29) is 11.5 Å². The summed E-state index contributed by atoms with van der Waals surface area (Å²) in [6.45, 7) is 3.15. The number of amides is 1. The zero-order valence-electron chi connectivity index (χ0n) is 13.4. The molecule has 1 amide bonds. The van der Waals surface area contributed by atoms with Gasteiger partial charge in [-0.1, -0.05) is 6.07 Å². The molecule has 0 bridgehead atoms. The van der Waals surface area contributed by atoms with E-state index in [2.05, 4.69) is 4.98 Å². The van der Waals surface area contributed by atoms with E-state index >= 15 is 0 Å². The average Bonchev–Trinajstić information content (AvgIpc) is 3.09. The van der Waals surface area contributed by atoms with Crippen LogP contribution in [0.3, 0.4) is 0 Å². The first-order valence-electron chi connectivity index (χ1n) is 7.56. The van der Waals surface area contributed by atoms with Gasteiger partial charge in [-0.3, -0.25) is 14.2 Å². The molecule has 0 aliphatic heterocycles. The van der Waals surface area contributed by atoms with Crippen LogP contribution in [0.4, 0.5) is 0 Å². The topological polar surface area (TPSA) is 58.1 Å². The second-order valence-electron chi connectivity index (χ2n) is 5.45. The lowest BCUT2D eigenvalue weighted by Gasteiger charge is -2.20. The summed E-state index contributed by atoms with van der Waals surface area (Å²) in [5, 5.41) is 2.52. The lowest BCUT2D eigenvalue weighted by molar-refractivity contribution is 0.0754. The minimum atomic E-state index is -0.168. The molecular weight excluding hydrogens is 342 g/mol. The van der Waals surface area contributed by atoms with Crippen molar-refractivity contribution in [2.45, 2.75) is 13.5 Å². The van der Waals surface area contributed by atoms with Crippen molar-refractivity contribution in [3.05, 3.63) is 61.3 Å². The van der Waals surface area contributed by atoms with Gasteiger partial charge in [-0.05, 0) is 48.8 Å². The molecule has 7 heteroatoms. The number of nitrogens with zero attached hydrogens (tertiary/aromatic N) is 2. The molecule has 0 unspecified atom stereocenters. The van der Waals surface area contributed by atoms with Crippen LogP contribution in [0.15, 0.2) is 40.5 Å². The van der Waals surface area contributed by atoms with Gasteiger partial charge in [-0.15, -0.1) is 11.3 Å². The third-order valence-corrected chi connectivity index (χ3v) is 5.18. The van der Waals surface area contributed by atoms with Crippen LogP contribution >= 0.6 is 23.6 Å². The second kappa shape index (κ2) is 6.70. The predicted molar refractivity (Wildman–Crippen MR) is 99.1 cm³/mol. The molecule has 0 saturated heterocycles. The van der Waals surface area contributed by atoms with Crippen LogP contribution in [0.1, 0.15) is 22.2 Å². The highest BCUT2D eigenvalue weighted by Gasteiger charge is 2.16. The molecule has 2 heterocycles. The fourth-order valence-electron chi connectivity index (χ4n) is 2.54. The molecule has 3 aromatic rings. The molecule has 2 aromatic heterocycles. The zero-order valence-corrected chi connectivity index (χ0v) is 15.0. The van der Waals surface area contributed by atoms with E-state index in [4.69, 9.17) is 12.2 Å². The van der Waals surface area contributed by atoms with Gasteiger partial charge in [-0.2, -0.15) is 0 Å². The van der Waals surface area contributed by atoms with Crippen LogP contribution in [-0.4, -0.2) is 26.9 Å². The predicted octanol–water partition coefficient (Wildman–Crippen LogP) is 3.32. The van der Waals surface area contributed by atoms with Crippen molar-refractivity contribution < 1.29 is 4.79 Å². The molecule has 0 aliphatic carbocycles. The van der Waals surface area contributed by atoms with Crippen molar-refractivity contribution >= 4 is 40.4 Å². The number of fused-ring (bicyclic) bond motifs is 1. The number of nitrogens with one attached hydrogen (secondary N) is 1. The Morgan fingerprint density at radius 3 is 2.83 bits per heavy atom. The van der Waals surface area contributed by atoms with Crippen molar-refractivity contribution in [2.75, 3.05) is 6.54 Å². The number of carbonyl (C=O) groups excluding carboxylic acids is 1. The SMILES string of the molecule is CCN(Cc1cccs1)C(=O)c1ccc2c(=O)n(C)c(=S)[nH]c2c1. The van der Waals surface area contributed by atoms with E-state index in [1.807, 2.05) is 24.4 Å². The summed E-state index contributed by atoms with van der Waals surface area (Å²) in [5.41, 5.74) is 0.958. The Labute approximate surface area is 148 Å². The third kappa shape index (κ3) is 3.05. The van der Waals surface area contributed by atoms with E-state index < -0.39 is 0 Å². The van der Waals surface area contributed by atoms with Crippen LogP contribution in [0.5, 0.6) is 0 Å². The third-order valence-electron chi connectivity index (χ3n) is 3.94. The lowest BCUT2D eigenvalue weighted by atomic mass is 10.1. The van der Waals surface area contributed by atoms with E-state index in [1.54, 1.807) is 41.5 Å². The first-order chi connectivity index (χ1) is 11.5. The molecule has 0 aliphatic rings.